The summed E-state index contributed by atoms with van der Waals surface area (Å²) in [6, 6.07) is 7.55. The van der Waals surface area contributed by atoms with Crippen LogP contribution in [0.4, 0.5) is 5.69 Å². The largest absolute Gasteiger partial charge is 0.394 e. The van der Waals surface area contributed by atoms with Gasteiger partial charge in [-0.3, -0.25) is 0 Å². The zero-order valence-electron chi connectivity index (χ0n) is 12.5. The van der Waals surface area contributed by atoms with Crippen LogP contribution in [0.5, 0.6) is 0 Å². The number of rotatable bonds is 5. The van der Waals surface area contributed by atoms with Gasteiger partial charge < -0.3 is 15.3 Å². The van der Waals surface area contributed by atoms with Crippen LogP contribution in [0.15, 0.2) is 22.7 Å². The van der Waals surface area contributed by atoms with E-state index in [-0.39, 0.29) is 12.6 Å². The van der Waals surface area contributed by atoms with E-state index >= 15 is 0 Å². The molecule has 0 radical (unpaired) electrons. The fraction of sp³-hybridized carbons (Fsp3) is 0.647. The highest BCUT2D eigenvalue weighted by molar-refractivity contribution is 9.10. The van der Waals surface area contributed by atoms with Gasteiger partial charge in [-0.2, -0.15) is 0 Å². The van der Waals surface area contributed by atoms with E-state index in [0.717, 1.165) is 30.0 Å². The normalized spacial score (nSPS) is 23.1. The minimum atomic E-state index is 0.252. The van der Waals surface area contributed by atoms with Gasteiger partial charge in [0.15, 0.2) is 0 Å². The van der Waals surface area contributed by atoms with Crippen LogP contribution < -0.4 is 10.2 Å². The Balaban J connectivity index is 1.83. The van der Waals surface area contributed by atoms with Gasteiger partial charge in [0.25, 0.3) is 0 Å². The molecule has 116 valence electrons. The zero-order valence-corrected chi connectivity index (χ0v) is 14.1. The van der Waals surface area contributed by atoms with Gasteiger partial charge in [0.2, 0.25) is 0 Å². The van der Waals surface area contributed by atoms with Crippen molar-refractivity contribution >= 4 is 21.6 Å². The summed E-state index contributed by atoms with van der Waals surface area (Å²) in [5.41, 5.74) is 2.64. The molecule has 2 aliphatic rings. The molecule has 2 fully saturated rings. The Morgan fingerprint density at radius 1 is 1.19 bits per heavy atom. The molecule has 1 aliphatic heterocycles. The Morgan fingerprint density at radius 3 is 2.81 bits per heavy atom. The number of halogens is 1. The molecule has 3 rings (SSSR count). The van der Waals surface area contributed by atoms with Crippen LogP contribution in [-0.4, -0.2) is 30.3 Å². The first-order valence-electron chi connectivity index (χ1n) is 8.17. The molecule has 1 unspecified atom stereocenters. The van der Waals surface area contributed by atoms with Crippen molar-refractivity contribution in [1.82, 2.24) is 5.32 Å². The average Bonchev–Trinajstić information content (AvgIpc) is 3.32. The molecule has 4 heteroatoms. The van der Waals surface area contributed by atoms with E-state index in [1.54, 1.807) is 0 Å². The fourth-order valence-corrected chi connectivity index (χ4v) is 3.53. The lowest BCUT2D eigenvalue weighted by Crippen LogP contribution is -2.38. The van der Waals surface area contributed by atoms with Crippen LogP contribution in [0, 0.1) is 0 Å². The second-order valence-corrected chi connectivity index (χ2v) is 7.22. The van der Waals surface area contributed by atoms with E-state index in [0.29, 0.717) is 0 Å². The quantitative estimate of drug-likeness (QED) is 0.851. The van der Waals surface area contributed by atoms with Crippen molar-refractivity contribution in [2.45, 2.75) is 57.2 Å². The predicted molar refractivity (Wildman–Crippen MR) is 90.7 cm³/mol. The molecular formula is C17H25BrN2O. The third kappa shape index (κ3) is 3.99. The van der Waals surface area contributed by atoms with Crippen molar-refractivity contribution in [3.05, 3.63) is 28.2 Å². The van der Waals surface area contributed by atoms with E-state index in [1.165, 1.54) is 43.4 Å². The van der Waals surface area contributed by atoms with Gasteiger partial charge in [0.05, 0.1) is 12.6 Å². The molecule has 0 aromatic heterocycles. The Hall–Kier alpha value is -0.580. The van der Waals surface area contributed by atoms with Gasteiger partial charge in [-0.15, -0.1) is 0 Å². The summed E-state index contributed by atoms with van der Waals surface area (Å²) >= 11 is 3.61. The second-order valence-electron chi connectivity index (χ2n) is 6.31. The molecule has 21 heavy (non-hydrogen) atoms. The van der Waals surface area contributed by atoms with E-state index in [4.69, 9.17) is 0 Å². The highest BCUT2D eigenvalue weighted by atomic mass is 79.9. The first kappa shape index (κ1) is 15.3. The third-order valence-electron chi connectivity index (χ3n) is 4.60. The van der Waals surface area contributed by atoms with Crippen molar-refractivity contribution in [2.24, 2.45) is 0 Å². The summed E-state index contributed by atoms with van der Waals surface area (Å²) in [7, 11) is 0. The number of anilines is 1. The Labute approximate surface area is 135 Å². The smallest absolute Gasteiger partial charge is 0.0635 e. The van der Waals surface area contributed by atoms with Crippen molar-refractivity contribution in [3.8, 4) is 0 Å². The van der Waals surface area contributed by atoms with Crippen LogP contribution in [0.3, 0.4) is 0 Å². The summed E-state index contributed by atoms with van der Waals surface area (Å²) in [5.74, 6) is 0. The molecule has 1 aromatic carbocycles. The highest BCUT2D eigenvalue weighted by Crippen LogP contribution is 2.31. The van der Waals surface area contributed by atoms with Gasteiger partial charge in [-0.05, 0) is 43.4 Å². The SMILES string of the molecule is OCC1CCCCCN1c1cc(Br)ccc1CNC1CC1. The van der Waals surface area contributed by atoms with E-state index in [1.807, 2.05) is 0 Å². The number of nitrogens with one attached hydrogen (secondary N) is 1. The second kappa shape index (κ2) is 7.12. The highest BCUT2D eigenvalue weighted by Gasteiger charge is 2.24. The monoisotopic (exact) mass is 352 g/mol. The summed E-state index contributed by atoms with van der Waals surface area (Å²) < 4.78 is 1.12. The average molecular weight is 353 g/mol. The van der Waals surface area contributed by atoms with Gasteiger partial charge in [-0.1, -0.05) is 34.8 Å². The molecule has 1 aromatic rings. The molecule has 1 saturated heterocycles. The zero-order chi connectivity index (χ0) is 14.7. The lowest BCUT2D eigenvalue weighted by Gasteiger charge is -2.33. The molecule has 3 nitrogen and oxygen atoms in total. The molecule has 0 spiro atoms. The first-order chi connectivity index (χ1) is 10.3. The Kier molecular flexibility index (Phi) is 5.19. The number of nitrogens with zero attached hydrogens (tertiary/aromatic N) is 1. The van der Waals surface area contributed by atoms with Gasteiger partial charge >= 0.3 is 0 Å². The summed E-state index contributed by atoms with van der Waals surface area (Å²) in [5, 5.41) is 13.4. The molecule has 2 N–H and O–H groups in total. The van der Waals surface area contributed by atoms with Crippen molar-refractivity contribution in [1.29, 1.82) is 0 Å². The van der Waals surface area contributed by atoms with Crippen molar-refractivity contribution < 1.29 is 5.11 Å². The fourth-order valence-electron chi connectivity index (χ4n) is 3.18. The molecule has 1 saturated carbocycles. The maximum atomic E-state index is 9.77. The number of benzene rings is 1. The van der Waals surface area contributed by atoms with Crippen molar-refractivity contribution in [3.63, 3.8) is 0 Å². The minimum absolute atomic E-state index is 0.252. The maximum absolute atomic E-state index is 9.77. The lowest BCUT2D eigenvalue weighted by atomic mass is 10.1. The molecule has 0 amide bonds. The third-order valence-corrected chi connectivity index (χ3v) is 5.10. The summed E-state index contributed by atoms with van der Waals surface area (Å²) in [6.07, 6.45) is 7.45. The summed E-state index contributed by atoms with van der Waals surface area (Å²) in [4.78, 5) is 2.43. The Morgan fingerprint density at radius 2 is 2.05 bits per heavy atom. The molecule has 1 heterocycles. The molecule has 1 aliphatic carbocycles. The molecule has 1 atom stereocenters. The first-order valence-corrected chi connectivity index (χ1v) is 8.96. The van der Waals surface area contributed by atoms with Crippen LogP contribution in [0.2, 0.25) is 0 Å². The topological polar surface area (TPSA) is 35.5 Å². The number of hydrogen-bond acceptors (Lipinski definition) is 3. The molecular weight excluding hydrogens is 328 g/mol. The number of aliphatic hydroxyl groups excluding tert-OH is 1. The van der Waals surface area contributed by atoms with Gasteiger partial charge in [0, 0.05) is 29.3 Å². The Bertz CT molecular complexity index is 476. The number of aliphatic hydroxyl groups is 1. The van der Waals surface area contributed by atoms with E-state index in [2.05, 4.69) is 44.3 Å². The van der Waals surface area contributed by atoms with Crippen LogP contribution in [0.1, 0.15) is 44.1 Å². The van der Waals surface area contributed by atoms with Crippen LogP contribution in [0.25, 0.3) is 0 Å². The van der Waals surface area contributed by atoms with E-state index in [9.17, 15) is 5.11 Å². The van der Waals surface area contributed by atoms with Crippen LogP contribution >= 0.6 is 15.9 Å². The lowest BCUT2D eigenvalue weighted by molar-refractivity contribution is 0.255. The summed E-state index contributed by atoms with van der Waals surface area (Å²) in [6.45, 7) is 2.24. The standard InChI is InChI=1S/C17H25BrN2O/c18-14-6-5-13(11-19-15-7-8-15)17(10-14)20-9-3-1-2-4-16(20)12-21/h5-6,10,15-16,19,21H,1-4,7-9,11-12H2. The van der Waals surface area contributed by atoms with Gasteiger partial charge in [-0.25, -0.2) is 0 Å². The minimum Gasteiger partial charge on any atom is -0.394 e. The van der Waals surface area contributed by atoms with Crippen LogP contribution in [-0.2, 0) is 6.54 Å². The van der Waals surface area contributed by atoms with Crippen molar-refractivity contribution in [2.75, 3.05) is 18.1 Å². The van der Waals surface area contributed by atoms with Gasteiger partial charge in [0.1, 0.15) is 0 Å². The number of hydrogen-bond donors (Lipinski definition) is 2. The van der Waals surface area contributed by atoms with E-state index < -0.39 is 0 Å². The maximum Gasteiger partial charge on any atom is 0.0635 e. The predicted octanol–water partition coefficient (Wildman–Crippen LogP) is 3.44. The molecule has 0 bridgehead atoms.